The number of aromatic hydroxyl groups is 2. The van der Waals surface area contributed by atoms with Crippen molar-refractivity contribution in [2.75, 3.05) is 0 Å². The van der Waals surface area contributed by atoms with Crippen LogP contribution < -0.4 is 0 Å². The fourth-order valence-electron chi connectivity index (χ4n) is 1.65. The van der Waals surface area contributed by atoms with E-state index in [9.17, 15) is 9.59 Å². The van der Waals surface area contributed by atoms with E-state index in [4.69, 9.17) is 20.4 Å². The van der Waals surface area contributed by atoms with Gasteiger partial charge in [-0.3, -0.25) is 9.59 Å². The summed E-state index contributed by atoms with van der Waals surface area (Å²) in [4.78, 5) is 20.0. The monoisotopic (exact) mass is 298 g/mol. The maximum Gasteiger partial charge on any atom is 0.303 e. The molecule has 1 rings (SSSR count). The van der Waals surface area contributed by atoms with Gasteiger partial charge in [-0.1, -0.05) is 19.4 Å². The summed E-state index contributed by atoms with van der Waals surface area (Å²) in [5.74, 6) is -1.30. The predicted molar refractivity (Wildman–Crippen MR) is 77.5 cm³/mol. The lowest BCUT2D eigenvalue weighted by Gasteiger charge is -2.01. The van der Waals surface area contributed by atoms with Crippen molar-refractivity contribution in [3.8, 4) is 11.5 Å². The van der Waals surface area contributed by atoms with Crippen LogP contribution in [0.25, 0.3) is 0 Å². The molecular formula is C15H22O6. The van der Waals surface area contributed by atoms with Crippen LogP contribution in [0, 0.1) is 0 Å². The van der Waals surface area contributed by atoms with Gasteiger partial charge in [-0.05, 0) is 31.4 Å². The van der Waals surface area contributed by atoms with E-state index in [2.05, 4.69) is 0 Å². The van der Waals surface area contributed by atoms with Crippen LogP contribution in [0.5, 0.6) is 11.5 Å². The highest BCUT2D eigenvalue weighted by atomic mass is 16.4. The highest BCUT2D eigenvalue weighted by Crippen LogP contribution is 2.25. The molecule has 0 fully saturated rings. The van der Waals surface area contributed by atoms with Crippen molar-refractivity contribution < 1.29 is 30.0 Å². The Morgan fingerprint density at radius 3 is 1.62 bits per heavy atom. The van der Waals surface area contributed by atoms with Crippen molar-refractivity contribution in [2.45, 2.75) is 45.4 Å². The summed E-state index contributed by atoms with van der Waals surface area (Å²) in [6, 6.07) is 4.75. The Bertz CT molecular complexity index is 419. The van der Waals surface area contributed by atoms with Crippen molar-refractivity contribution in [1.82, 2.24) is 0 Å². The molecule has 0 spiro atoms. The van der Waals surface area contributed by atoms with Crippen molar-refractivity contribution in [1.29, 1.82) is 0 Å². The first-order valence-corrected chi connectivity index (χ1v) is 6.81. The molecule has 118 valence electrons. The molecule has 0 atom stereocenters. The minimum atomic E-state index is -0.819. The fraction of sp³-hybridized carbons (Fsp3) is 0.467. The Morgan fingerprint density at radius 2 is 1.33 bits per heavy atom. The zero-order valence-corrected chi connectivity index (χ0v) is 12.1. The van der Waals surface area contributed by atoms with Crippen molar-refractivity contribution >= 4 is 11.9 Å². The third kappa shape index (κ3) is 9.32. The molecule has 1 aromatic carbocycles. The van der Waals surface area contributed by atoms with Gasteiger partial charge in [0.25, 0.3) is 0 Å². The van der Waals surface area contributed by atoms with Gasteiger partial charge < -0.3 is 20.4 Å². The number of hydrogen-bond acceptors (Lipinski definition) is 4. The van der Waals surface area contributed by atoms with Gasteiger partial charge in [0.2, 0.25) is 0 Å². The molecule has 0 radical (unpaired) electrons. The number of hydrogen-bond donors (Lipinski definition) is 4. The van der Waals surface area contributed by atoms with Crippen LogP contribution in [0.3, 0.4) is 0 Å². The number of phenols is 2. The maximum atomic E-state index is 9.98. The lowest BCUT2D eigenvalue weighted by atomic mass is 10.1. The van der Waals surface area contributed by atoms with E-state index in [0.29, 0.717) is 31.2 Å². The Morgan fingerprint density at radius 1 is 0.905 bits per heavy atom. The van der Waals surface area contributed by atoms with Gasteiger partial charge in [0.15, 0.2) is 0 Å². The molecule has 0 aliphatic carbocycles. The number of carboxylic acid groups (broad SMARTS) is 2. The van der Waals surface area contributed by atoms with Gasteiger partial charge in [0.1, 0.15) is 11.5 Å². The zero-order valence-electron chi connectivity index (χ0n) is 12.1. The standard InChI is InChI=1S/C8H10O2.C7H12O4/c1-2-6-7(9)4-3-5-8(6)10;8-6(9)4-2-1-3-5-7(10)11/h3-5,9-10H,2H2,1H3;1-5H2,(H,8,9)(H,10,11). The van der Waals surface area contributed by atoms with Crippen LogP contribution >= 0.6 is 0 Å². The molecule has 1 aromatic rings. The first-order valence-electron chi connectivity index (χ1n) is 6.81. The van der Waals surface area contributed by atoms with E-state index in [-0.39, 0.29) is 24.3 Å². The van der Waals surface area contributed by atoms with Crippen LogP contribution in [-0.4, -0.2) is 32.4 Å². The minimum absolute atomic E-state index is 0.139. The van der Waals surface area contributed by atoms with Crippen LogP contribution in [-0.2, 0) is 16.0 Å². The number of aliphatic carboxylic acids is 2. The van der Waals surface area contributed by atoms with Gasteiger partial charge >= 0.3 is 11.9 Å². The van der Waals surface area contributed by atoms with Crippen LogP contribution in [0.2, 0.25) is 0 Å². The number of unbranched alkanes of at least 4 members (excludes halogenated alkanes) is 2. The van der Waals surface area contributed by atoms with Gasteiger partial charge in [-0.25, -0.2) is 0 Å². The topological polar surface area (TPSA) is 115 Å². The Labute approximate surface area is 123 Å². The number of carboxylic acids is 2. The molecule has 0 aliphatic heterocycles. The minimum Gasteiger partial charge on any atom is -0.508 e. The molecule has 6 nitrogen and oxygen atoms in total. The summed E-state index contributed by atoms with van der Waals surface area (Å²) in [5, 5.41) is 34.7. The Hall–Kier alpha value is -2.24. The number of benzene rings is 1. The van der Waals surface area contributed by atoms with E-state index in [0.717, 1.165) is 0 Å². The van der Waals surface area contributed by atoms with Crippen molar-refractivity contribution in [2.24, 2.45) is 0 Å². The number of rotatable bonds is 7. The van der Waals surface area contributed by atoms with Crippen LogP contribution in [0.4, 0.5) is 0 Å². The van der Waals surface area contributed by atoms with E-state index >= 15 is 0 Å². The smallest absolute Gasteiger partial charge is 0.303 e. The van der Waals surface area contributed by atoms with E-state index < -0.39 is 11.9 Å². The highest BCUT2D eigenvalue weighted by Gasteiger charge is 2.02. The van der Waals surface area contributed by atoms with Gasteiger partial charge in [-0.2, -0.15) is 0 Å². The average Bonchev–Trinajstić information content (AvgIpc) is 2.38. The van der Waals surface area contributed by atoms with E-state index in [1.807, 2.05) is 6.92 Å². The van der Waals surface area contributed by atoms with Gasteiger partial charge in [0.05, 0.1) is 0 Å². The first-order chi connectivity index (χ1) is 9.88. The molecule has 0 bridgehead atoms. The Balaban J connectivity index is 0.000000382. The molecule has 0 saturated heterocycles. The second-order valence-electron chi connectivity index (χ2n) is 4.48. The normalized spacial score (nSPS) is 9.57. The van der Waals surface area contributed by atoms with Crippen LogP contribution in [0.15, 0.2) is 18.2 Å². The SMILES string of the molecule is CCc1c(O)cccc1O.O=C(O)CCCCCC(=O)O. The number of carbonyl (C=O) groups is 2. The highest BCUT2D eigenvalue weighted by molar-refractivity contribution is 5.67. The quantitative estimate of drug-likeness (QED) is 0.575. The maximum absolute atomic E-state index is 9.98. The second kappa shape index (κ2) is 10.5. The molecule has 0 aromatic heterocycles. The first kappa shape index (κ1) is 18.8. The molecule has 21 heavy (non-hydrogen) atoms. The van der Waals surface area contributed by atoms with E-state index in [1.165, 1.54) is 0 Å². The van der Waals surface area contributed by atoms with Gasteiger partial charge in [-0.15, -0.1) is 0 Å². The molecule has 0 aliphatic rings. The Kier molecular flexibility index (Phi) is 9.41. The molecule has 0 unspecified atom stereocenters. The van der Waals surface area contributed by atoms with Crippen molar-refractivity contribution in [3.63, 3.8) is 0 Å². The fourth-order valence-corrected chi connectivity index (χ4v) is 1.65. The lowest BCUT2D eigenvalue weighted by Crippen LogP contribution is -1.96. The third-order valence-electron chi connectivity index (χ3n) is 2.76. The lowest BCUT2D eigenvalue weighted by molar-refractivity contribution is -0.137. The average molecular weight is 298 g/mol. The molecule has 0 saturated carbocycles. The summed E-state index contributed by atoms with van der Waals surface area (Å²) in [7, 11) is 0. The molecule has 6 heteroatoms. The summed E-state index contributed by atoms with van der Waals surface area (Å²) in [6.07, 6.45) is 2.75. The van der Waals surface area contributed by atoms with E-state index in [1.54, 1.807) is 18.2 Å². The second-order valence-corrected chi connectivity index (χ2v) is 4.48. The van der Waals surface area contributed by atoms with Crippen molar-refractivity contribution in [3.05, 3.63) is 23.8 Å². The summed E-state index contributed by atoms with van der Waals surface area (Å²) in [5.41, 5.74) is 0.613. The number of phenolic OH excluding ortho intramolecular Hbond substituents is 2. The third-order valence-corrected chi connectivity index (χ3v) is 2.76. The predicted octanol–water partition coefficient (Wildman–Crippen LogP) is 2.77. The molecule has 0 heterocycles. The largest absolute Gasteiger partial charge is 0.508 e. The molecule has 0 amide bonds. The zero-order chi connectivity index (χ0) is 16.3. The molecular weight excluding hydrogens is 276 g/mol. The summed E-state index contributed by atoms with van der Waals surface area (Å²) in [6.45, 7) is 1.88. The van der Waals surface area contributed by atoms with Crippen LogP contribution in [0.1, 0.15) is 44.6 Å². The molecule has 4 N–H and O–H groups in total. The summed E-state index contributed by atoms with van der Waals surface area (Å²) < 4.78 is 0. The van der Waals surface area contributed by atoms with Gasteiger partial charge in [0, 0.05) is 18.4 Å². The summed E-state index contributed by atoms with van der Waals surface area (Å²) >= 11 is 0.